The quantitative estimate of drug-likeness (QED) is 0.607. The van der Waals surface area contributed by atoms with Crippen LogP contribution in [0.3, 0.4) is 0 Å². The molecule has 3 aromatic heterocycles. The van der Waals surface area contributed by atoms with Gasteiger partial charge in [-0.2, -0.15) is 0 Å². The Bertz CT molecular complexity index is 981. The second-order valence-corrected chi connectivity index (χ2v) is 5.89. The lowest BCUT2D eigenvalue weighted by Gasteiger charge is -2.03. The molecule has 0 spiro atoms. The molecule has 0 saturated heterocycles. The van der Waals surface area contributed by atoms with E-state index in [1.165, 1.54) is 22.3 Å². The summed E-state index contributed by atoms with van der Waals surface area (Å²) < 4.78 is 1.52. The van der Waals surface area contributed by atoms with E-state index >= 15 is 0 Å². The number of pyridine rings is 1. The number of aromatic nitrogens is 6. The zero-order chi connectivity index (χ0) is 17.1. The van der Waals surface area contributed by atoms with Crippen LogP contribution in [0.1, 0.15) is 10.4 Å². The Morgan fingerprint density at radius 2 is 2.04 bits per heavy atom. The van der Waals surface area contributed by atoms with Crippen molar-refractivity contribution in [1.82, 2.24) is 30.2 Å². The van der Waals surface area contributed by atoms with Crippen LogP contribution < -0.4 is 5.32 Å². The van der Waals surface area contributed by atoms with E-state index in [2.05, 4.69) is 30.8 Å². The summed E-state index contributed by atoms with van der Waals surface area (Å²) in [5.74, 6) is -0.227. The van der Waals surface area contributed by atoms with Gasteiger partial charge in [0.05, 0.1) is 11.4 Å². The number of carbonyl (C=O) groups excluding carboxylic acids is 1. The highest BCUT2D eigenvalue weighted by Gasteiger charge is 2.10. The molecule has 3 heterocycles. The monoisotopic (exact) mass is 349 g/mol. The number of tetrazole rings is 1. The number of carbonyl (C=O) groups is 1. The third-order valence-corrected chi connectivity index (χ3v) is 4.18. The van der Waals surface area contributed by atoms with E-state index in [4.69, 9.17) is 0 Å². The number of amides is 1. The second kappa shape index (κ2) is 6.57. The highest BCUT2D eigenvalue weighted by atomic mass is 32.1. The molecule has 8 nitrogen and oxygen atoms in total. The first-order chi connectivity index (χ1) is 12.3. The summed E-state index contributed by atoms with van der Waals surface area (Å²) in [4.78, 5) is 20.8. The molecular weight excluding hydrogens is 338 g/mol. The van der Waals surface area contributed by atoms with Crippen LogP contribution in [0.4, 0.5) is 5.13 Å². The smallest absolute Gasteiger partial charge is 0.257 e. The number of rotatable bonds is 4. The maximum Gasteiger partial charge on any atom is 0.257 e. The van der Waals surface area contributed by atoms with Gasteiger partial charge >= 0.3 is 0 Å². The fourth-order valence-electron chi connectivity index (χ4n) is 2.19. The summed E-state index contributed by atoms with van der Waals surface area (Å²) in [5, 5.41) is 16.2. The van der Waals surface area contributed by atoms with Gasteiger partial charge in [-0.05, 0) is 46.8 Å². The normalized spacial score (nSPS) is 10.6. The topological polar surface area (TPSA) is 98.5 Å². The van der Waals surface area contributed by atoms with Crippen LogP contribution in [0.15, 0.2) is 60.5 Å². The lowest BCUT2D eigenvalue weighted by Crippen LogP contribution is -2.11. The molecule has 25 heavy (non-hydrogen) atoms. The molecular formula is C16H11N7OS. The summed E-state index contributed by atoms with van der Waals surface area (Å²) in [5.41, 5.74) is 2.98. The van der Waals surface area contributed by atoms with Crippen molar-refractivity contribution in [1.29, 1.82) is 0 Å². The number of anilines is 1. The van der Waals surface area contributed by atoms with Crippen LogP contribution in [0.25, 0.3) is 16.9 Å². The van der Waals surface area contributed by atoms with Gasteiger partial charge in [-0.25, -0.2) is 9.67 Å². The first kappa shape index (κ1) is 15.1. The Balaban J connectivity index is 1.48. The molecule has 1 aromatic carbocycles. The molecule has 1 amide bonds. The first-order valence-corrected chi connectivity index (χ1v) is 8.18. The van der Waals surface area contributed by atoms with Crippen molar-refractivity contribution in [2.24, 2.45) is 0 Å². The van der Waals surface area contributed by atoms with Crippen LogP contribution in [0.2, 0.25) is 0 Å². The Kier molecular flexibility index (Phi) is 3.97. The number of nitrogens with one attached hydrogen (secondary N) is 1. The molecule has 0 aliphatic heterocycles. The molecule has 0 atom stereocenters. The zero-order valence-corrected chi connectivity index (χ0v) is 13.6. The van der Waals surface area contributed by atoms with E-state index in [9.17, 15) is 4.79 Å². The maximum absolute atomic E-state index is 12.4. The molecule has 0 aliphatic rings. The SMILES string of the molecule is O=C(Nc1nc(-c2cccnc2)cs1)c1ccc(-n2cnnn2)cc1. The molecule has 4 aromatic rings. The van der Waals surface area contributed by atoms with Gasteiger partial charge < -0.3 is 0 Å². The zero-order valence-electron chi connectivity index (χ0n) is 12.8. The van der Waals surface area contributed by atoms with E-state index in [-0.39, 0.29) is 5.91 Å². The fourth-order valence-corrected chi connectivity index (χ4v) is 2.91. The van der Waals surface area contributed by atoms with Gasteiger partial charge in [0.25, 0.3) is 5.91 Å². The third kappa shape index (κ3) is 3.26. The fraction of sp³-hybridized carbons (Fsp3) is 0. The maximum atomic E-state index is 12.4. The van der Waals surface area contributed by atoms with E-state index in [1.807, 2.05) is 17.5 Å². The summed E-state index contributed by atoms with van der Waals surface area (Å²) in [6.07, 6.45) is 4.93. The second-order valence-electron chi connectivity index (χ2n) is 5.03. The third-order valence-electron chi connectivity index (χ3n) is 3.42. The highest BCUT2D eigenvalue weighted by Crippen LogP contribution is 2.24. The van der Waals surface area contributed by atoms with Crippen molar-refractivity contribution in [2.45, 2.75) is 0 Å². The number of benzene rings is 1. The largest absolute Gasteiger partial charge is 0.298 e. The molecule has 4 rings (SSSR count). The first-order valence-electron chi connectivity index (χ1n) is 7.30. The number of hydrogen-bond donors (Lipinski definition) is 1. The summed E-state index contributed by atoms with van der Waals surface area (Å²) in [6, 6.07) is 10.7. The minimum absolute atomic E-state index is 0.227. The molecule has 0 aliphatic carbocycles. The van der Waals surface area contributed by atoms with Crippen LogP contribution >= 0.6 is 11.3 Å². The Labute approximate surface area is 146 Å². The van der Waals surface area contributed by atoms with Crippen molar-refractivity contribution < 1.29 is 4.79 Å². The predicted molar refractivity (Wildman–Crippen MR) is 92.5 cm³/mol. The molecule has 0 radical (unpaired) electrons. The van der Waals surface area contributed by atoms with Crippen LogP contribution in [0.5, 0.6) is 0 Å². The van der Waals surface area contributed by atoms with Gasteiger partial charge in [-0.15, -0.1) is 16.4 Å². The van der Waals surface area contributed by atoms with Crippen molar-refractivity contribution in [3.63, 3.8) is 0 Å². The van der Waals surface area contributed by atoms with E-state index in [0.29, 0.717) is 10.7 Å². The van der Waals surface area contributed by atoms with Gasteiger partial charge in [0.15, 0.2) is 5.13 Å². The molecule has 0 saturated carbocycles. The van der Waals surface area contributed by atoms with Gasteiger partial charge in [-0.3, -0.25) is 15.1 Å². The summed E-state index contributed by atoms with van der Waals surface area (Å²) in [7, 11) is 0. The predicted octanol–water partition coefficient (Wildman–Crippen LogP) is 2.43. The summed E-state index contributed by atoms with van der Waals surface area (Å²) in [6.45, 7) is 0. The number of hydrogen-bond acceptors (Lipinski definition) is 7. The number of thiazole rings is 1. The van der Waals surface area contributed by atoms with Gasteiger partial charge in [0, 0.05) is 28.9 Å². The molecule has 0 fully saturated rings. The Morgan fingerprint density at radius 1 is 1.16 bits per heavy atom. The highest BCUT2D eigenvalue weighted by molar-refractivity contribution is 7.14. The molecule has 122 valence electrons. The van der Waals surface area contributed by atoms with Gasteiger partial charge in [0.2, 0.25) is 0 Å². The van der Waals surface area contributed by atoms with Crippen LogP contribution in [-0.4, -0.2) is 36.1 Å². The molecule has 9 heteroatoms. The van der Waals surface area contributed by atoms with E-state index in [1.54, 1.807) is 36.7 Å². The van der Waals surface area contributed by atoms with Crippen molar-refractivity contribution >= 4 is 22.4 Å². The minimum Gasteiger partial charge on any atom is -0.298 e. The average molecular weight is 349 g/mol. The Morgan fingerprint density at radius 3 is 2.76 bits per heavy atom. The molecule has 1 N–H and O–H groups in total. The van der Waals surface area contributed by atoms with Gasteiger partial charge in [0.1, 0.15) is 6.33 Å². The van der Waals surface area contributed by atoms with Crippen molar-refractivity contribution in [2.75, 3.05) is 5.32 Å². The lowest BCUT2D eigenvalue weighted by molar-refractivity contribution is 0.102. The minimum atomic E-state index is -0.227. The van der Waals surface area contributed by atoms with Crippen molar-refractivity contribution in [3.8, 4) is 16.9 Å². The average Bonchev–Trinajstić information content (AvgIpc) is 3.35. The number of nitrogens with zero attached hydrogens (tertiary/aromatic N) is 6. The van der Waals surface area contributed by atoms with Crippen LogP contribution in [0, 0.1) is 0 Å². The lowest BCUT2D eigenvalue weighted by atomic mass is 10.2. The van der Waals surface area contributed by atoms with E-state index in [0.717, 1.165) is 16.9 Å². The van der Waals surface area contributed by atoms with Crippen LogP contribution in [-0.2, 0) is 0 Å². The standard InChI is InChI=1S/C16H11N7OS/c24-15(11-3-5-13(6-4-11)23-10-18-21-22-23)20-16-19-14(9-25-16)12-2-1-7-17-8-12/h1-10H,(H,19,20,24). The van der Waals surface area contributed by atoms with Gasteiger partial charge in [-0.1, -0.05) is 0 Å². The molecule has 0 unspecified atom stereocenters. The Hall–Kier alpha value is -3.46. The van der Waals surface area contributed by atoms with Crippen molar-refractivity contribution in [3.05, 3.63) is 66.1 Å². The summed E-state index contributed by atoms with van der Waals surface area (Å²) >= 11 is 1.37. The van der Waals surface area contributed by atoms with E-state index < -0.39 is 0 Å². The molecule has 0 bridgehead atoms.